The maximum absolute atomic E-state index is 9.87. The molecule has 0 aliphatic rings. The summed E-state index contributed by atoms with van der Waals surface area (Å²) in [5, 5.41) is 10.8. The van der Waals surface area contributed by atoms with Gasteiger partial charge in [0.1, 0.15) is 17.1 Å². The van der Waals surface area contributed by atoms with Crippen molar-refractivity contribution in [2.75, 3.05) is 0 Å². The molecule has 0 bridgehead atoms. The zero-order valence-corrected chi connectivity index (χ0v) is 13.8. The molecule has 2 nitrogen and oxygen atoms in total. The second-order valence-electron chi connectivity index (χ2n) is 5.55. The van der Waals surface area contributed by atoms with E-state index < -0.39 is 0 Å². The lowest BCUT2D eigenvalue weighted by Crippen LogP contribution is -1.83. The fraction of sp³-hybridized carbons (Fsp3) is 0.0476. The van der Waals surface area contributed by atoms with Crippen LogP contribution in [0.15, 0.2) is 88.2 Å². The van der Waals surface area contributed by atoms with E-state index in [1.165, 1.54) is 4.90 Å². The topological polar surface area (TPSA) is 33.4 Å². The Morgan fingerprint density at radius 2 is 1.54 bits per heavy atom. The van der Waals surface area contributed by atoms with Gasteiger partial charge in [0.05, 0.1) is 5.75 Å². The van der Waals surface area contributed by atoms with Gasteiger partial charge in [0.2, 0.25) is 0 Å². The molecule has 1 heterocycles. The first-order valence-corrected chi connectivity index (χ1v) is 8.77. The number of benzene rings is 3. The van der Waals surface area contributed by atoms with Gasteiger partial charge in [-0.1, -0.05) is 48.5 Å². The second-order valence-corrected chi connectivity index (χ2v) is 6.60. The van der Waals surface area contributed by atoms with Gasteiger partial charge in [-0.2, -0.15) is 0 Å². The molecular formula is C21H16O2S. The second kappa shape index (κ2) is 6.46. The molecule has 0 aliphatic carbocycles. The van der Waals surface area contributed by atoms with Crippen LogP contribution in [-0.2, 0) is 5.75 Å². The number of fused-ring (bicyclic) bond motifs is 1. The summed E-state index contributed by atoms with van der Waals surface area (Å²) < 4.78 is 6.10. The highest BCUT2D eigenvalue weighted by Crippen LogP contribution is 2.39. The van der Waals surface area contributed by atoms with Gasteiger partial charge in [0, 0.05) is 15.8 Å². The van der Waals surface area contributed by atoms with Crippen LogP contribution in [0.25, 0.3) is 22.1 Å². The fourth-order valence-corrected chi connectivity index (χ4v) is 3.68. The number of aromatic hydroxyl groups is 1. The van der Waals surface area contributed by atoms with E-state index in [2.05, 4.69) is 24.3 Å². The molecule has 1 aromatic heterocycles. The van der Waals surface area contributed by atoms with Gasteiger partial charge in [-0.25, -0.2) is 0 Å². The molecule has 4 rings (SSSR count). The Bertz CT molecular complexity index is 959. The summed E-state index contributed by atoms with van der Waals surface area (Å²) in [6.07, 6.45) is 0. The average molecular weight is 332 g/mol. The van der Waals surface area contributed by atoms with E-state index in [0.29, 0.717) is 0 Å². The molecule has 0 fully saturated rings. The van der Waals surface area contributed by atoms with Crippen molar-refractivity contribution in [1.82, 2.24) is 0 Å². The lowest BCUT2D eigenvalue weighted by atomic mass is 10.0. The van der Waals surface area contributed by atoms with Crippen molar-refractivity contribution in [1.29, 1.82) is 0 Å². The van der Waals surface area contributed by atoms with Crippen molar-refractivity contribution in [3.8, 4) is 16.9 Å². The third-order valence-corrected chi connectivity index (χ3v) is 4.93. The van der Waals surface area contributed by atoms with Gasteiger partial charge in [-0.3, -0.25) is 0 Å². The number of phenolic OH excluding ortho intramolecular Hbond substituents is 1. The van der Waals surface area contributed by atoms with Gasteiger partial charge >= 0.3 is 0 Å². The number of furan rings is 1. The van der Waals surface area contributed by atoms with Gasteiger partial charge < -0.3 is 9.52 Å². The molecule has 1 N–H and O–H groups in total. The predicted octanol–water partition coefficient (Wildman–Crippen LogP) is 6.10. The Kier molecular flexibility index (Phi) is 4.01. The van der Waals surface area contributed by atoms with Crippen molar-refractivity contribution in [2.24, 2.45) is 0 Å². The first-order valence-electron chi connectivity index (χ1n) is 7.79. The SMILES string of the molecule is Oc1ccc2oc(CSc3ccccc3)c(-c3ccccc3)c2c1. The molecule has 0 spiro atoms. The number of rotatable bonds is 4. The van der Waals surface area contributed by atoms with E-state index in [1.807, 2.05) is 42.5 Å². The van der Waals surface area contributed by atoms with E-state index in [1.54, 1.807) is 23.9 Å². The summed E-state index contributed by atoms with van der Waals surface area (Å²) in [7, 11) is 0. The Labute approximate surface area is 144 Å². The van der Waals surface area contributed by atoms with Crippen LogP contribution < -0.4 is 0 Å². The minimum atomic E-state index is 0.253. The van der Waals surface area contributed by atoms with Crippen LogP contribution in [-0.4, -0.2) is 5.11 Å². The zero-order chi connectivity index (χ0) is 16.4. The smallest absolute Gasteiger partial charge is 0.135 e. The van der Waals surface area contributed by atoms with E-state index in [4.69, 9.17) is 4.42 Å². The predicted molar refractivity (Wildman–Crippen MR) is 99.3 cm³/mol. The lowest BCUT2D eigenvalue weighted by Gasteiger charge is -2.04. The van der Waals surface area contributed by atoms with Crippen LogP contribution in [0, 0.1) is 0 Å². The van der Waals surface area contributed by atoms with Crippen molar-refractivity contribution in [3.63, 3.8) is 0 Å². The largest absolute Gasteiger partial charge is 0.508 e. The molecule has 3 heteroatoms. The number of phenols is 1. The monoisotopic (exact) mass is 332 g/mol. The third kappa shape index (κ3) is 2.91. The lowest BCUT2D eigenvalue weighted by molar-refractivity contribution is 0.475. The molecule has 0 radical (unpaired) electrons. The Morgan fingerprint density at radius 3 is 2.29 bits per heavy atom. The van der Waals surface area contributed by atoms with E-state index >= 15 is 0 Å². The first-order chi connectivity index (χ1) is 11.8. The van der Waals surface area contributed by atoms with E-state index in [-0.39, 0.29) is 5.75 Å². The standard InChI is InChI=1S/C21H16O2S/c22-16-11-12-19-18(13-16)21(15-7-3-1-4-8-15)20(23-19)14-24-17-9-5-2-6-10-17/h1-13,22H,14H2. The number of thioether (sulfide) groups is 1. The molecule has 0 unspecified atom stereocenters. The zero-order valence-electron chi connectivity index (χ0n) is 13.0. The van der Waals surface area contributed by atoms with Gasteiger partial charge in [0.25, 0.3) is 0 Å². The Morgan fingerprint density at radius 1 is 0.833 bits per heavy atom. The molecule has 24 heavy (non-hydrogen) atoms. The fourth-order valence-electron chi connectivity index (χ4n) is 2.82. The normalized spacial score (nSPS) is 11.0. The van der Waals surface area contributed by atoms with Crippen molar-refractivity contribution < 1.29 is 9.52 Å². The summed E-state index contributed by atoms with van der Waals surface area (Å²) >= 11 is 1.75. The summed E-state index contributed by atoms with van der Waals surface area (Å²) in [6, 6.07) is 25.7. The minimum absolute atomic E-state index is 0.253. The quantitative estimate of drug-likeness (QED) is 0.459. The number of hydrogen-bond acceptors (Lipinski definition) is 3. The van der Waals surface area contributed by atoms with Gasteiger partial charge in [-0.15, -0.1) is 11.8 Å². The van der Waals surface area contributed by atoms with Crippen molar-refractivity contribution in [3.05, 3.63) is 84.6 Å². The van der Waals surface area contributed by atoms with Gasteiger partial charge in [0.15, 0.2) is 0 Å². The van der Waals surface area contributed by atoms with Crippen LogP contribution >= 0.6 is 11.8 Å². The summed E-state index contributed by atoms with van der Waals surface area (Å²) in [6.45, 7) is 0. The highest BCUT2D eigenvalue weighted by molar-refractivity contribution is 7.98. The van der Waals surface area contributed by atoms with E-state index in [9.17, 15) is 5.11 Å². The highest BCUT2D eigenvalue weighted by Gasteiger charge is 2.16. The van der Waals surface area contributed by atoms with Crippen molar-refractivity contribution >= 4 is 22.7 Å². The average Bonchev–Trinajstić information content (AvgIpc) is 2.99. The Balaban J connectivity index is 1.79. The molecular weight excluding hydrogens is 316 g/mol. The maximum atomic E-state index is 9.87. The minimum Gasteiger partial charge on any atom is -0.508 e. The number of hydrogen-bond donors (Lipinski definition) is 1. The molecule has 0 aliphatic heterocycles. The summed E-state index contributed by atoms with van der Waals surface area (Å²) in [5.74, 6) is 1.92. The van der Waals surface area contributed by atoms with Crippen LogP contribution in [0.1, 0.15) is 5.76 Å². The van der Waals surface area contributed by atoms with Crippen LogP contribution in [0.5, 0.6) is 5.75 Å². The molecule has 0 atom stereocenters. The third-order valence-electron chi connectivity index (χ3n) is 3.92. The van der Waals surface area contributed by atoms with Crippen LogP contribution in [0.3, 0.4) is 0 Å². The molecule has 0 amide bonds. The van der Waals surface area contributed by atoms with Crippen LogP contribution in [0.4, 0.5) is 0 Å². The molecule has 4 aromatic rings. The first kappa shape index (κ1) is 14.9. The molecule has 118 valence electrons. The highest BCUT2D eigenvalue weighted by atomic mass is 32.2. The van der Waals surface area contributed by atoms with Crippen molar-refractivity contribution in [2.45, 2.75) is 10.6 Å². The Hall–Kier alpha value is -2.65. The van der Waals surface area contributed by atoms with Crippen LogP contribution in [0.2, 0.25) is 0 Å². The summed E-state index contributed by atoms with van der Waals surface area (Å²) in [5.41, 5.74) is 2.96. The summed E-state index contributed by atoms with van der Waals surface area (Å²) in [4.78, 5) is 1.21. The molecule has 3 aromatic carbocycles. The molecule has 0 saturated carbocycles. The van der Waals surface area contributed by atoms with E-state index in [0.717, 1.165) is 33.6 Å². The van der Waals surface area contributed by atoms with Gasteiger partial charge in [-0.05, 0) is 35.9 Å². The molecule has 0 saturated heterocycles. The maximum Gasteiger partial charge on any atom is 0.135 e.